The summed E-state index contributed by atoms with van der Waals surface area (Å²) in [6.07, 6.45) is 0. The van der Waals surface area contributed by atoms with E-state index < -0.39 is 20.0 Å². The standard InChI is InChI=1S/C17H23N5O5S3/c1-12(2)15(23)18-16-19-20-17(28-16)30(26,27)22-10-8-21(9-11-22)29(24,25)14-6-4-13(3)5-7-14/h4-7,12H,8-11H2,1-3H3,(H,18,19,23). The third-order valence-electron chi connectivity index (χ3n) is 4.58. The number of benzene rings is 1. The zero-order chi connectivity index (χ0) is 22.1. The van der Waals surface area contributed by atoms with Crippen LogP contribution in [0.25, 0.3) is 0 Å². The van der Waals surface area contributed by atoms with Crippen LogP contribution in [-0.4, -0.2) is 67.7 Å². The molecular weight excluding hydrogens is 450 g/mol. The van der Waals surface area contributed by atoms with Gasteiger partial charge < -0.3 is 5.32 Å². The molecule has 30 heavy (non-hydrogen) atoms. The first kappa shape index (κ1) is 22.7. The minimum atomic E-state index is -3.93. The number of aryl methyl sites for hydroxylation is 1. The molecule has 1 aromatic carbocycles. The number of amides is 1. The Hall–Kier alpha value is -1.93. The first-order chi connectivity index (χ1) is 14.0. The molecule has 1 aliphatic rings. The molecular formula is C17H23N5O5S3. The van der Waals surface area contributed by atoms with Gasteiger partial charge >= 0.3 is 0 Å². The maximum Gasteiger partial charge on any atom is 0.272 e. The summed E-state index contributed by atoms with van der Waals surface area (Å²) in [5, 5.41) is 10.0. The quantitative estimate of drug-likeness (QED) is 0.623. The van der Waals surface area contributed by atoms with Crippen LogP contribution in [-0.2, 0) is 24.8 Å². The smallest absolute Gasteiger partial charge is 0.272 e. The zero-order valence-corrected chi connectivity index (χ0v) is 19.2. The highest BCUT2D eigenvalue weighted by Crippen LogP contribution is 2.26. The van der Waals surface area contributed by atoms with Crippen molar-refractivity contribution in [3.05, 3.63) is 29.8 Å². The average molecular weight is 474 g/mol. The SMILES string of the molecule is Cc1ccc(S(=O)(=O)N2CCN(S(=O)(=O)c3nnc(NC(=O)C(C)C)s3)CC2)cc1. The highest BCUT2D eigenvalue weighted by atomic mass is 32.2. The Kier molecular flexibility index (Phi) is 6.57. The maximum atomic E-state index is 12.8. The van der Waals surface area contributed by atoms with E-state index in [0.717, 1.165) is 16.9 Å². The van der Waals surface area contributed by atoms with E-state index >= 15 is 0 Å². The van der Waals surface area contributed by atoms with E-state index in [0.29, 0.717) is 0 Å². The van der Waals surface area contributed by atoms with Crippen LogP contribution in [0.15, 0.2) is 33.5 Å². The van der Waals surface area contributed by atoms with Gasteiger partial charge in [-0.2, -0.15) is 8.61 Å². The van der Waals surface area contributed by atoms with Crippen LogP contribution in [0.5, 0.6) is 0 Å². The number of nitrogens with one attached hydrogen (secondary N) is 1. The minimum Gasteiger partial charge on any atom is -0.300 e. The second-order valence-corrected chi connectivity index (χ2v) is 12.2. The van der Waals surface area contributed by atoms with E-state index in [2.05, 4.69) is 15.5 Å². The fourth-order valence-electron chi connectivity index (χ4n) is 2.73. The van der Waals surface area contributed by atoms with Crippen LogP contribution >= 0.6 is 11.3 Å². The molecule has 1 aliphatic heterocycles. The third kappa shape index (κ3) is 4.70. The fraction of sp³-hybridized carbons (Fsp3) is 0.471. The number of hydrogen-bond donors (Lipinski definition) is 1. The largest absolute Gasteiger partial charge is 0.300 e. The summed E-state index contributed by atoms with van der Waals surface area (Å²) in [5.74, 6) is -0.567. The van der Waals surface area contributed by atoms with Gasteiger partial charge in [-0.1, -0.05) is 42.9 Å². The Bertz CT molecular complexity index is 1120. The summed E-state index contributed by atoms with van der Waals surface area (Å²) in [5.41, 5.74) is 0.950. The fourth-order valence-corrected chi connectivity index (χ4v) is 6.62. The summed E-state index contributed by atoms with van der Waals surface area (Å²) >= 11 is 0.768. The van der Waals surface area contributed by atoms with Crippen LogP contribution < -0.4 is 5.32 Å². The van der Waals surface area contributed by atoms with E-state index in [1.54, 1.807) is 38.1 Å². The lowest BCUT2D eigenvalue weighted by atomic mass is 10.2. The van der Waals surface area contributed by atoms with Gasteiger partial charge in [0.25, 0.3) is 10.0 Å². The minimum absolute atomic E-state index is 0.000686. The van der Waals surface area contributed by atoms with Crippen molar-refractivity contribution in [1.29, 1.82) is 0 Å². The van der Waals surface area contributed by atoms with Gasteiger partial charge in [0, 0.05) is 32.1 Å². The highest BCUT2D eigenvalue weighted by molar-refractivity contribution is 7.91. The molecule has 0 bridgehead atoms. The summed E-state index contributed by atoms with van der Waals surface area (Å²) in [6.45, 7) is 5.35. The molecule has 1 saturated heterocycles. The highest BCUT2D eigenvalue weighted by Gasteiger charge is 2.35. The Morgan fingerprint density at radius 1 is 0.967 bits per heavy atom. The number of sulfonamides is 2. The molecule has 2 aromatic rings. The number of rotatable bonds is 6. The van der Waals surface area contributed by atoms with E-state index in [9.17, 15) is 21.6 Å². The number of nitrogens with zero attached hydrogens (tertiary/aromatic N) is 4. The second kappa shape index (κ2) is 8.67. The van der Waals surface area contributed by atoms with Gasteiger partial charge in [0.1, 0.15) is 0 Å². The number of anilines is 1. The van der Waals surface area contributed by atoms with Crippen molar-refractivity contribution in [2.24, 2.45) is 5.92 Å². The molecule has 164 valence electrons. The Balaban J connectivity index is 1.69. The van der Waals surface area contributed by atoms with Gasteiger partial charge in [-0.3, -0.25) is 4.79 Å². The van der Waals surface area contributed by atoms with Crippen molar-refractivity contribution in [1.82, 2.24) is 18.8 Å². The molecule has 3 rings (SSSR count). The summed E-state index contributed by atoms with van der Waals surface area (Å²) in [4.78, 5) is 11.9. The van der Waals surface area contributed by atoms with Gasteiger partial charge in [0.15, 0.2) is 0 Å². The molecule has 10 nitrogen and oxygen atoms in total. The molecule has 0 saturated carbocycles. The van der Waals surface area contributed by atoms with Crippen molar-refractivity contribution >= 4 is 42.4 Å². The molecule has 1 aromatic heterocycles. The molecule has 0 unspecified atom stereocenters. The monoisotopic (exact) mass is 473 g/mol. The van der Waals surface area contributed by atoms with E-state index in [4.69, 9.17) is 0 Å². The number of carbonyl (C=O) groups excluding carboxylic acids is 1. The predicted octanol–water partition coefficient (Wildman–Crippen LogP) is 1.14. The van der Waals surface area contributed by atoms with Crippen molar-refractivity contribution in [3.63, 3.8) is 0 Å². The molecule has 0 aliphatic carbocycles. The van der Waals surface area contributed by atoms with Gasteiger partial charge in [0.2, 0.25) is 25.4 Å². The normalized spacial score (nSPS) is 16.7. The van der Waals surface area contributed by atoms with E-state index in [1.807, 2.05) is 6.92 Å². The van der Waals surface area contributed by atoms with Crippen LogP contribution in [0.3, 0.4) is 0 Å². The Morgan fingerprint density at radius 3 is 2.03 bits per heavy atom. The van der Waals surface area contributed by atoms with Crippen LogP contribution in [0.1, 0.15) is 19.4 Å². The van der Waals surface area contributed by atoms with Crippen LogP contribution in [0, 0.1) is 12.8 Å². The van der Waals surface area contributed by atoms with Crippen molar-refractivity contribution in [3.8, 4) is 0 Å². The number of piperazine rings is 1. The lowest BCUT2D eigenvalue weighted by Gasteiger charge is -2.32. The first-order valence-corrected chi connectivity index (χ1v) is 12.9. The molecule has 13 heteroatoms. The van der Waals surface area contributed by atoms with Gasteiger partial charge in [-0.15, -0.1) is 10.2 Å². The summed E-state index contributed by atoms with van der Waals surface area (Å²) < 4.78 is 53.5. The predicted molar refractivity (Wildman–Crippen MR) is 112 cm³/mol. The van der Waals surface area contributed by atoms with E-state index in [1.165, 1.54) is 8.61 Å². The Morgan fingerprint density at radius 2 is 1.50 bits per heavy atom. The number of carbonyl (C=O) groups is 1. The molecule has 0 radical (unpaired) electrons. The summed E-state index contributed by atoms with van der Waals surface area (Å²) in [7, 11) is -7.62. The van der Waals surface area contributed by atoms with Crippen LogP contribution in [0.4, 0.5) is 5.13 Å². The molecule has 1 amide bonds. The number of aromatic nitrogens is 2. The molecule has 1 fully saturated rings. The molecule has 2 heterocycles. The van der Waals surface area contributed by atoms with Crippen molar-refractivity contribution in [2.75, 3.05) is 31.5 Å². The second-order valence-electron chi connectivity index (χ2n) is 7.14. The zero-order valence-electron chi connectivity index (χ0n) is 16.8. The maximum absolute atomic E-state index is 12.8. The van der Waals surface area contributed by atoms with Gasteiger partial charge in [0.05, 0.1) is 4.90 Å². The third-order valence-corrected chi connectivity index (χ3v) is 9.57. The average Bonchev–Trinajstić information content (AvgIpc) is 3.17. The molecule has 0 atom stereocenters. The lowest BCUT2D eigenvalue weighted by molar-refractivity contribution is -0.118. The summed E-state index contributed by atoms with van der Waals surface area (Å²) in [6, 6.07) is 6.53. The number of hydrogen-bond acceptors (Lipinski definition) is 8. The first-order valence-electron chi connectivity index (χ1n) is 9.23. The molecule has 1 N–H and O–H groups in total. The topological polar surface area (TPSA) is 130 Å². The van der Waals surface area contributed by atoms with Gasteiger partial charge in [-0.05, 0) is 19.1 Å². The van der Waals surface area contributed by atoms with Crippen molar-refractivity contribution in [2.45, 2.75) is 30.0 Å². The van der Waals surface area contributed by atoms with Gasteiger partial charge in [-0.25, -0.2) is 16.8 Å². The Labute approximate surface area is 180 Å². The lowest BCUT2D eigenvalue weighted by Crippen LogP contribution is -2.50. The van der Waals surface area contributed by atoms with E-state index in [-0.39, 0.29) is 52.4 Å². The van der Waals surface area contributed by atoms with Crippen molar-refractivity contribution < 1.29 is 21.6 Å². The molecule has 0 spiro atoms. The van der Waals surface area contributed by atoms with Crippen LogP contribution in [0.2, 0.25) is 0 Å².